The Bertz CT molecular complexity index is 733. The predicted octanol–water partition coefficient (Wildman–Crippen LogP) is 3.88. The Kier molecular flexibility index (Phi) is 6.01. The summed E-state index contributed by atoms with van der Waals surface area (Å²) in [5.74, 6) is 0.845. The van der Waals surface area contributed by atoms with E-state index in [0.29, 0.717) is 22.1 Å². The van der Waals surface area contributed by atoms with Crippen LogP contribution < -0.4 is 14.9 Å². The number of halogens is 2. The van der Waals surface area contributed by atoms with Gasteiger partial charge in [0, 0.05) is 20.6 Å². The van der Waals surface area contributed by atoms with Crippen LogP contribution in [0.4, 0.5) is 0 Å². The molecule has 0 heterocycles. The smallest absolute Gasteiger partial charge is 0.271 e. The summed E-state index contributed by atoms with van der Waals surface area (Å²) in [6.45, 7) is 0. The number of nitrogens with one attached hydrogen (secondary N) is 1. The molecule has 5 nitrogen and oxygen atoms in total. The summed E-state index contributed by atoms with van der Waals surface area (Å²) in [4.78, 5) is 11.9. The molecule has 0 saturated carbocycles. The van der Waals surface area contributed by atoms with E-state index in [0.717, 1.165) is 10.0 Å². The molecular formula is C16H14BrClN2O3. The monoisotopic (exact) mass is 396 g/mol. The van der Waals surface area contributed by atoms with E-state index in [1.54, 1.807) is 50.6 Å². The molecule has 2 aromatic rings. The molecule has 23 heavy (non-hydrogen) atoms. The standard InChI is InChI=1S/C16H14BrClN2O3/c1-22-14-7-11(13(17)8-15(14)23-2)9-19-20-16(21)10-3-5-12(18)6-4-10/h3-9H,1-2H3,(H,20,21)/b19-9-. The van der Waals surface area contributed by atoms with Crippen LogP contribution >= 0.6 is 27.5 Å². The highest BCUT2D eigenvalue weighted by atomic mass is 79.9. The molecule has 1 N–H and O–H groups in total. The van der Waals surface area contributed by atoms with Crippen molar-refractivity contribution < 1.29 is 14.3 Å². The maximum Gasteiger partial charge on any atom is 0.271 e. The minimum absolute atomic E-state index is 0.325. The summed E-state index contributed by atoms with van der Waals surface area (Å²) in [7, 11) is 3.11. The number of hydrazone groups is 1. The van der Waals surface area contributed by atoms with E-state index in [1.165, 1.54) is 6.21 Å². The zero-order valence-corrected chi connectivity index (χ0v) is 14.8. The Hall–Kier alpha value is -2.05. The van der Waals surface area contributed by atoms with Crippen LogP contribution in [0.5, 0.6) is 11.5 Å². The molecule has 2 aromatic carbocycles. The highest BCUT2D eigenvalue weighted by Crippen LogP contribution is 2.32. The molecule has 0 saturated heterocycles. The number of amides is 1. The second-order valence-corrected chi connectivity index (χ2v) is 5.73. The van der Waals surface area contributed by atoms with Crippen LogP contribution in [0.15, 0.2) is 46.0 Å². The second-order valence-electron chi connectivity index (χ2n) is 4.43. The third-order valence-corrected chi connectivity index (χ3v) is 3.92. The molecule has 0 fully saturated rings. The Morgan fingerprint density at radius 2 is 1.78 bits per heavy atom. The third kappa shape index (κ3) is 4.46. The first-order chi connectivity index (χ1) is 11.0. The van der Waals surface area contributed by atoms with Gasteiger partial charge in [0.05, 0.1) is 20.4 Å². The van der Waals surface area contributed by atoms with Crippen molar-refractivity contribution in [3.63, 3.8) is 0 Å². The molecule has 0 aliphatic heterocycles. The molecule has 0 aliphatic carbocycles. The molecular weight excluding hydrogens is 384 g/mol. The molecule has 0 atom stereocenters. The Morgan fingerprint density at radius 1 is 1.17 bits per heavy atom. The fraction of sp³-hybridized carbons (Fsp3) is 0.125. The molecule has 0 aromatic heterocycles. The summed E-state index contributed by atoms with van der Waals surface area (Å²) < 4.78 is 11.2. The number of nitrogens with zero attached hydrogens (tertiary/aromatic N) is 1. The molecule has 2 rings (SSSR count). The van der Waals surface area contributed by atoms with Gasteiger partial charge in [-0.15, -0.1) is 0 Å². The van der Waals surface area contributed by atoms with E-state index < -0.39 is 0 Å². The van der Waals surface area contributed by atoms with E-state index in [2.05, 4.69) is 26.5 Å². The minimum atomic E-state index is -0.325. The van der Waals surface area contributed by atoms with Gasteiger partial charge in [-0.3, -0.25) is 4.79 Å². The molecule has 7 heteroatoms. The molecule has 0 unspecified atom stereocenters. The van der Waals surface area contributed by atoms with E-state index in [4.69, 9.17) is 21.1 Å². The van der Waals surface area contributed by atoms with Gasteiger partial charge >= 0.3 is 0 Å². The number of carbonyl (C=O) groups excluding carboxylic acids is 1. The summed E-state index contributed by atoms with van der Waals surface area (Å²) in [6.07, 6.45) is 1.51. The Morgan fingerprint density at radius 3 is 2.39 bits per heavy atom. The summed E-state index contributed by atoms with van der Waals surface area (Å²) in [5, 5.41) is 4.52. The van der Waals surface area contributed by atoms with E-state index in [-0.39, 0.29) is 5.91 Å². The number of carbonyl (C=O) groups is 1. The first kappa shape index (κ1) is 17.3. The lowest BCUT2D eigenvalue weighted by Gasteiger charge is -2.09. The molecule has 0 aliphatic rings. The molecule has 0 spiro atoms. The van der Waals surface area contributed by atoms with Gasteiger partial charge in [0.1, 0.15) is 0 Å². The highest BCUT2D eigenvalue weighted by molar-refractivity contribution is 9.10. The van der Waals surface area contributed by atoms with Gasteiger partial charge in [0.2, 0.25) is 0 Å². The normalized spacial score (nSPS) is 10.6. The van der Waals surface area contributed by atoms with Crippen molar-refractivity contribution in [2.24, 2.45) is 5.10 Å². The first-order valence-electron chi connectivity index (χ1n) is 6.55. The number of hydrogen-bond donors (Lipinski definition) is 1. The van der Waals surface area contributed by atoms with Gasteiger partial charge < -0.3 is 9.47 Å². The average molecular weight is 398 g/mol. The lowest BCUT2D eigenvalue weighted by atomic mass is 10.2. The van der Waals surface area contributed by atoms with Crippen molar-refractivity contribution in [3.05, 3.63) is 57.0 Å². The van der Waals surface area contributed by atoms with Gasteiger partial charge in [-0.2, -0.15) is 5.10 Å². The highest BCUT2D eigenvalue weighted by Gasteiger charge is 2.08. The minimum Gasteiger partial charge on any atom is -0.493 e. The van der Waals surface area contributed by atoms with E-state index in [1.807, 2.05) is 0 Å². The number of methoxy groups -OCH3 is 2. The predicted molar refractivity (Wildman–Crippen MR) is 93.8 cm³/mol. The van der Waals surface area contributed by atoms with Gasteiger partial charge in [0.15, 0.2) is 11.5 Å². The lowest BCUT2D eigenvalue weighted by molar-refractivity contribution is 0.0955. The van der Waals surface area contributed by atoms with E-state index in [9.17, 15) is 4.79 Å². The molecule has 120 valence electrons. The van der Waals surface area contributed by atoms with Gasteiger partial charge in [-0.25, -0.2) is 5.43 Å². The van der Waals surface area contributed by atoms with Gasteiger partial charge in [0.25, 0.3) is 5.91 Å². The van der Waals surface area contributed by atoms with Crippen molar-refractivity contribution in [1.29, 1.82) is 0 Å². The summed E-state index contributed by atoms with van der Waals surface area (Å²) in [6, 6.07) is 10.1. The van der Waals surface area contributed by atoms with Crippen molar-refractivity contribution in [2.75, 3.05) is 14.2 Å². The Labute approximate surface area is 147 Å². The van der Waals surface area contributed by atoms with Gasteiger partial charge in [-0.05, 0) is 52.3 Å². The zero-order chi connectivity index (χ0) is 16.8. The largest absolute Gasteiger partial charge is 0.493 e. The quantitative estimate of drug-likeness (QED) is 0.615. The Balaban J connectivity index is 2.11. The van der Waals surface area contributed by atoms with Crippen molar-refractivity contribution >= 4 is 39.7 Å². The maximum atomic E-state index is 11.9. The van der Waals surface area contributed by atoms with Crippen LogP contribution in [0.25, 0.3) is 0 Å². The first-order valence-corrected chi connectivity index (χ1v) is 7.72. The van der Waals surface area contributed by atoms with Crippen LogP contribution in [0.3, 0.4) is 0 Å². The third-order valence-electron chi connectivity index (χ3n) is 2.98. The number of ether oxygens (including phenoxy) is 2. The number of benzene rings is 2. The number of rotatable bonds is 5. The SMILES string of the molecule is COc1cc(Br)c(/C=N\NC(=O)c2ccc(Cl)cc2)cc1OC. The van der Waals surface area contributed by atoms with Crippen molar-refractivity contribution in [1.82, 2.24) is 5.43 Å². The zero-order valence-electron chi connectivity index (χ0n) is 12.5. The average Bonchev–Trinajstić information content (AvgIpc) is 2.56. The van der Waals surface area contributed by atoms with Crippen LogP contribution in [-0.2, 0) is 0 Å². The van der Waals surface area contributed by atoms with Crippen LogP contribution in [-0.4, -0.2) is 26.3 Å². The fourth-order valence-corrected chi connectivity index (χ4v) is 2.35. The fourth-order valence-electron chi connectivity index (χ4n) is 1.80. The van der Waals surface area contributed by atoms with Crippen LogP contribution in [0, 0.1) is 0 Å². The van der Waals surface area contributed by atoms with E-state index >= 15 is 0 Å². The molecule has 1 amide bonds. The van der Waals surface area contributed by atoms with Crippen LogP contribution in [0.2, 0.25) is 5.02 Å². The lowest BCUT2D eigenvalue weighted by Crippen LogP contribution is -2.17. The summed E-state index contributed by atoms with van der Waals surface area (Å²) >= 11 is 9.20. The molecule has 0 bridgehead atoms. The summed E-state index contributed by atoms with van der Waals surface area (Å²) in [5.41, 5.74) is 3.66. The number of hydrogen-bond acceptors (Lipinski definition) is 4. The molecule has 0 radical (unpaired) electrons. The topological polar surface area (TPSA) is 59.9 Å². The maximum absolute atomic E-state index is 11.9. The second kappa shape index (κ2) is 7.99. The van der Waals surface area contributed by atoms with Crippen molar-refractivity contribution in [2.45, 2.75) is 0 Å². The van der Waals surface area contributed by atoms with Crippen LogP contribution in [0.1, 0.15) is 15.9 Å². The van der Waals surface area contributed by atoms with Gasteiger partial charge in [-0.1, -0.05) is 11.6 Å². The van der Waals surface area contributed by atoms with Crippen molar-refractivity contribution in [3.8, 4) is 11.5 Å².